The lowest BCUT2D eigenvalue weighted by molar-refractivity contribution is 0.0670. The van der Waals surface area contributed by atoms with Gasteiger partial charge in [0.25, 0.3) is 5.91 Å². The van der Waals surface area contributed by atoms with Crippen LogP contribution < -0.4 is 0 Å². The first-order valence-corrected chi connectivity index (χ1v) is 9.15. The molecule has 1 atom stereocenters. The Labute approximate surface area is 149 Å². The number of carbonyl (C=O) groups excluding carboxylic acids is 1. The van der Waals surface area contributed by atoms with Gasteiger partial charge in [-0.1, -0.05) is 24.3 Å². The summed E-state index contributed by atoms with van der Waals surface area (Å²) < 4.78 is 0.929. The predicted molar refractivity (Wildman–Crippen MR) is 96.3 cm³/mol. The Morgan fingerprint density at radius 3 is 2.78 bits per heavy atom. The minimum atomic E-state index is -0.00203. The zero-order valence-electron chi connectivity index (χ0n) is 13.0. The van der Waals surface area contributed by atoms with Crippen molar-refractivity contribution in [3.63, 3.8) is 0 Å². The highest BCUT2D eigenvalue weighted by Gasteiger charge is 2.31. The molecular formula is C18H18IN3O. The van der Waals surface area contributed by atoms with E-state index in [-0.39, 0.29) is 11.9 Å². The van der Waals surface area contributed by atoms with Crippen LogP contribution in [0.15, 0.2) is 30.3 Å². The van der Waals surface area contributed by atoms with Crippen molar-refractivity contribution in [2.45, 2.75) is 38.1 Å². The summed E-state index contributed by atoms with van der Waals surface area (Å²) in [6.45, 7) is 2.83. The lowest BCUT2D eigenvalue weighted by Crippen LogP contribution is -2.39. The van der Waals surface area contributed by atoms with Gasteiger partial charge in [-0.25, -0.2) is 0 Å². The third-order valence-corrected chi connectivity index (χ3v) is 5.71. The monoisotopic (exact) mass is 419 g/mol. The first-order valence-electron chi connectivity index (χ1n) is 8.07. The van der Waals surface area contributed by atoms with Crippen LogP contribution >= 0.6 is 22.6 Å². The summed E-state index contributed by atoms with van der Waals surface area (Å²) in [6, 6.07) is 10.4. The molecule has 4 rings (SSSR count). The van der Waals surface area contributed by atoms with Crippen LogP contribution in [-0.2, 0) is 6.42 Å². The third-order valence-electron chi connectivity index (χ3n) is 4.87. The third kappa shape index (κ3) is 2.75. The van der Waals surface area contributed by atoms with Crippen molar-refractivity contribution < 1.29 is 4.79 Å². The molecule has 1 aromatic carbocycles. The Morgan fingerprint density at radius 1 is 1.22 bits per heavy atom. The van der Waals surface area contributed by atoms with E-state index in [4.69, 9.17) is 0 Å². The van der Waals surface area contributed by atoms with Crippen LogP contribution in [-0.4, -0.2) is 27.5 Å². The number of hydrogen-bond donors (Lipinski definition) is 0. The minimum Gasteiger partial charge on any atom is -0.330 e. The number of halogens is 1. The van der Waals surface area contributed by atoms with Crippen molar-refractivity contribution in [3.8, 4) is 0 Å². The fourth-order valence-electron chi connectivity index (χ4n) is 3.37. The molecule has 0 N–H and O–H groups in total. The number of carbonyl (C=O) groups is 1. The summed E-state index contributed by atoms with van der Waals surface area (Å²) in [5.41, 5.74) is 4.26. The molecule has 1 amide bonds. The van der Waals surface area contributed by atoms with E-state index >= 15 is 0 Å². The van der Waals surface area contributed by atoms with Crippen molar-refractivity contribution in [2.75, 3.05) is 6.54 Å². The number of benzene rings is 1. The van der Waals surface area contributed by atoms with Crippen molar-refractivity contribution in [1.82, 2.24) is 15.1 Å². The van der Waals surface area contributed by atoms with Gasteiger partial charge in [0.2, 0.25) is 0 Å². The molecule has 5 heteroatoms. The van der Waals surface area contributed by atoms with Crippen LogP contribution in [0, 0.1) is 3.70 Å². The van der Waals surface area contributed by atoms with Gasteiger partial charge in [0.05, 0.1) is 6.04 Å². The highest BCUT2D eigenvalue weighted by molar-refractivity contribution is 14.1. The minimum absolute atomic E-state index is 0.00203. The molecular weight excluding hydrogens is 401 g/mol. The molecule has 1 aliphatic heterocycles. The predicted octanol–water partition coefficient (Wildman–Crippen LogP) is 3.72. The smallest absolute Gasteiger partial charge is 0.274 e. The van der Waals surface area contributed by atoms with Crippen LogP contribution in [0.1, 0.15) is 58.9 Å². The van der Waals surface area contributed by atoms with Gasteiger partial charge >= 0.3 is 0 Å². The highest BCUT2D eigenvalue weighted by Crippen LogP contribution is 2.41. The fourth-order valence-corrected chi connectivity index (χ4v) is 4.08. The van der Waals surface area contributed by atoms with Crippen LogP contribution in [0.3, 0.4) is 0 Å². The largest absolute Gasteiger partial charge is 0.330 e. The molecule has 1 saturated carbocycles. The maximum Gasteiger partial charge on any atom is 0.274 e. The Hall–Kier alpha value is -1.50. The van der Waals surface area contributed by atoms with E-state index in [9.17, 15) is 4.79 Å². The lowest BCUT2D eigenvalue weighted by Gasteiger charge is -2.35. The number of nitrogens with zero attached hydrogens (tertiary/aromatic N) is 3. The van der Waals surface area contributed by atoms with Gasteiger partial charge in [-0.05, 0) is 77.5 Å². The second kappa shape index (κ2) is 5.85. The maximum atomic E-state index is 12.9. The van der Waals surface area contributed by atoms with Crippen LogP contribution in [0.5, 0.6) is 0 Å². The van der Waals surface area contributed by atoms with E-state index < -0.39 is 0 Å². The molecule has 0 bridgehead atoms. The summed E-state index contributed by atoms with van der Waals surface area (Å²) in [5.74, 6) is 0.571. The Balaban J connectivity index is 1.64. The van der Waals surface area contributed by atoms with E-state index in [1.807, 2.05) is 17.0 Å². The molecule has 0 unspecified atom stereocenters. The quantitative estimate of drug-likeness (QED) is 0.698. The molecule has 0 radical (unpaired) electrons. The molecule has 4 nitrogen and oxygen atoms in total. The number of rotatable bonds is 2. The zero-order chi connectivity index (χ0) is 16.0. The first kappa shape index (κ1) is 15.1. The first-order chi connectivity index (χ1) is 11.1. The van der Waals surface area contributed by atoms with Crippen molar-refractivity contribution >= 4 is 28.5 Å². The van der Waals surface area contributed by atoms with Gasteiger partial charge in [-0.15, -0.1) is 10.2 Å². The van der Waals surface area contributed by atoms with Gasteiger partial charge in [-0.3, -0.25) is 4.79 Å². The molecule has 2 heterocycles. The molecule has 1 aliphatic carbocycles. The van der Waals surface area contributed by atoms with E-state index in [1.165, 1.54) is 29.5 Å². The normalized spacial score (nSPS) is 20.3. The van der Waals surface area contributed by atoms with Crippen molar-refractivity contribution in [1.29, 1.82) is 0 Å². The van der Waals surface area contributed by atoms with Crippen molar-refractivity contribution in [2.24, 2.45) is 0 Å². The van der Waals surface area contributed by atoms with Gasteiger partial charge in [-0.2, -0.15) is 0 Å². The summed E-state index contributed by atoms with van der Waals surface area (Å²) in [4.78, 5) is 14.9. The molecule has 2 aromatic rings. The molecule has 0 spiro atoms. The van der Waals surface area contributed by atoms with Crippen LogP contribution in [0.2, 0.25) is 0 Å². The molecule has 23 heavy (non-hydrogen) atoms. The summed E-state index contributed by atoms with van der Waals surface area (Å²) in [7, 11) is 0. The topological polar surface area (TPSA) is 46.1 Å². The second-order valence-electron chi connectivity index (χ2n) is 6.37. The maximum absolute atomic E-state index is 12.9. The lowest BCUT2D eigenvalue weighted by atomic mass is 9.93. The van der Waals surface area contributed by atoms with Gasteiger partial charge in [0.15, 0.2) is 5.69 Å². The second-order valence-corrected chi connectivity index (χ2v) is 7.40. The van der Waals surface area contributed by atoms with Crippen LogP contribution in [0.25, 0.3) is 0 Å². The molecule has 1 aromatic heterocycles. The van der Waals surface area contributed by atoms with Crippen LogP contribution in [0.4, 0.5) is 0 Å². The Kier molecular flexibility index (Phi) is 3.83. The number of aromatic nitrogens is 2. The van der Waals surface area contributed by atoms with Gasteiger partial charge < -0.3 is 4.90 Å². The number of hydrogen-bond acceptors (Lipinski definition) is 3. The standard InChI is InChI=1S/C18H18IN3O/c1-11-14-5-3-2-4-12(14)8-9-22(11)18(23)16-10-15(13-6-7-13)17(19)21-20-16/h2-5,10-11,13H,6-9H2,1H3/t11-/m1/s1. The summed E-state index contributed by atoms with van der Waals surface area (Å²) in [6.07, 6.45) is 3.30. The van der Waals surface area contributed by atoms with Crippen molar-refractivity contribution in [3.05, 3.63) is 56.4 Å². The van der Waals surface area contributed by atoms with E-state index in [0.29, 0.717) is 11.6 Å². The van der Waals surface area contributed by atoms with E-state index in [2.05, 4.69) is 57.9 Å². The fraction of sp³-hybridized carbons (Fsp3) is 0.389. The van der Waals surface area contributed by atoms with Gasteiger partial charge in [0.1, 0.15) is 3.70 Å². The SMILES string of the molecule is C[C@@H]1c2ccccc2CCN1C(=O)c1cc(C2CC2)c(I)nn1. The molecule has 1 fully saturated rings. The molecule has 0 saturated heterocycles. The Morgan fingerprint density at radius 2 is 2.00 bits per heavy atom. The van der Waals surface area contributed by atoms with E-state index in [0.717, 1.165) is 16.7 Å². The Bertz CT molecular complexity index is 773. The average Bonchev–Trinajstić information content (AvgIpc) is 3.40. The average molecular weight is 419 g/mol. The summed E-state index contributed by atoms with van der Waals surface area (Å²) >= 11 is 2.22. The van der Waals surface area contributed by atoms with Gasteiger partial charge in [0, 0.05) is 6.54 Å². The van der Waals surface area contributed by atoms with E-state index in [1.54, 1.807) is 0 Å². The zero-order valence-corrected chi connectivity index (χ0v) is 15.2. The highest BCUT2D eigenvalue weighted by atomic mass is 127. The number of amides is 1. The molecule has 2 aliphatic rings. The number of fused-ring (bicyclic) bond motifs is 1. The molecule has 118 valence electrons. The summed E-state index contributed by atoms with van der Waals surface area (Å²) in [5, 5.41) is 8.38.